The van der Waals surface area contributed by atoms with E-state index in [1.807, 2.05) is 13.8 Å². The Morgan fingerprint density at radius 3 is 2.08 bits per heavy atom. The topological polar surface area (TPSA) is 60.2 Å². The third-order valence-electron chi connectivity index (χ3n) is 1.74. The first-order valence-electron chi connectivity index (χ1n) is 3.84. The van der Waals surface area contributed by atoms with Crippen molar-refractivity contribution in [3.8, 4) is 0 Å². The van der Waals surface area contributed by atoms with Gasteiger partial charge in [-0.05, 0) is 20.8 Å². The zero-order valence-corrected chi connectivity index (χ0v) is 8.85. The number of allylic oxidation sites excluding steroid dienone is 1. The van der Waals surface area contributed by atoms with Crippen molar-refractivity contribution in [1.29, 1.82) is 0 Å². The van der Waals surface area contributed by atoms with E-state index in [0.29, 0.717) is 0 Å². The molecule has 0 bridgehead atoms. The van der Waals surface area contributed by atoms with Crippen molar-refractivity contribution in [1.82, 2.24) is 0 Å². The van der Waals surface area contributed by atoms with Crippen LogP contribution in [0.25, 0.3) is 0 Å². The second-order valence-corrected chi connectivity index (χ2v) is 5.76. The predicted molar refractivity (Wildman–Crippen MR) is 51.7 cm³/mol. The molecule has 4 heteroatoms. The second-order valence-electron chi connectivity index (χ2n) is 3.36. The van der Waals surface area contributed by atoms with Crippen molar-refractivity contribution in [2.75, 3.05) is 6.26 Å². The highest BCUT2D eigenvalue weighted by molar-refractivity contribution is 7.91. The molecule has 0 heterocycles. The van der Waals surface area contributed by atoms with Crippen LogP contribution in [-0.2, 0) is 9.84 Å². The number of sulfone groups is 1. The smallest absolute Gasteiger partial charge is 0.151 e. The summed E-state index contributed by atoms with van der Waals surface area (Å²) in [6.07, 6.45) is 2.97. The standard InChI is InChI=1S/C8H17NO2S/c1-6(2)5-8(9)7(3)12(4,10)11/h5,7-8H,9H2,1-4H3. The maximum Gasteiger partial charge on any atom is 0.151 e. The fraction of sp³-hybridized carbons (Fsp3) is 0.750. The lowest BCUT2D eigenvalue weighted by molar-refractivity contribution is 0.581. The lowest BCUT2D eigenvalue weighted by Gasteiger charge is -2.14. The molecule has 2 unspecified atom stereocenters. The van der Waals surface area contributed by atoms with Crippen LogP contribution in [0.2, 0.25) is 0 Å². The summed E-state index contributed by atoms with van der Waals surface area (Å²) in [5.41, 5.74) is 6.69. The monoisotopic (exact) mass is 191 g/mol. The Morgan fingerprint density at radius 1 is 1.42 bits per heavy atom. The van der Waals surface area contributed by atoms with Gasteiger partial charge in [0.2, 0.25) is 0 Å². The Balaban J connectivity index is 4.52. The van der Waals surface area contributed by atoms with Gasteiger partial charge in [0.05, 0.1) is 5.25 Å². The van der Waals surface area contributed by atoms with Crippen LogP contribution in [0, 0.1) is 0 Å². The average molecular weight is 191 g/mol. The molecule has 72 valence electrons. The average Bonchev–Trinajstić information content (AvgIpc) is 1.82. The first kappa shape index (κ1) is 11.6. The van der Waals surface area contributed by atoms with E-state index in [4.69, 9.17) is 5.73 Å². The molecule has 2 N–H and O–H groups in total. The number of rotatable bonds is 3. The third kappa shape index (κ3) is 3.88. The van der Waals surface area contributed by atoms with E-state index in [2.05, 4.69) is 0 Å². The summed E-state index contributed by atoms with van der Waals surface area (Å²) in [7, 11) is -3.02. The van der Waals surface area contributed by atoms with Crippen LogP contribution in [0.1, 0.15) is 20.8 Å². The molecule has 2 atom stereocenters. The number of hydrogen-bond acceptors (Lipinski definition) is 3. The first-order chi connectivity index (χ1) is 5.25. The van der Waals surface area contributed by atoms with Crippen LogP contribution < -0.4 is 5.73 Å². The molecule has 0 rings (SSSR count). The fourth-order valence-electron chi connectivity index (χ4n) is 0.806. The van der Waals surface area contributed by atoms with E-state index in [9.17, 15) is 8.42 Å². The van der Waals surface area contributed by atoms with Crippen molar-refractivity contribution >= 4 is 9.84 Å². The minimum atomic E-state index is -3.02. The highest BCUT2D eigenvalue weighted by Gasteiger charge is 2.20. The summed E-state index contributed by atoms with van der Waals surface area (Å²) in [5.74, 6) is 0. The third-order valence-corrected chi connectivity index (χ3v) is 3.41. The zero-order chi connectivity index (χ0) is 9.94. The van der Waals surface area contributed by atoms with Gasteiger partial charge in [0.1, 0.15) is 0 Å². The van der Waals surface area contributed by atoms with Crippen LogP contribution in [0.4, 0.5) is 0 Å². The summed E-state index contributed by atoms with van der Waals surface area (Å²) < 4.78 is 22.1. The molecule has 0 aliphatic rings. The van der Waals surface area contributed by atoms with Crippen LogP contribution in [0.3, 0.4) is 0 Å². The van der Waals surface area contributed by atoms with Crippen molar-refractivity contribution in [3.05, 3.63) is 11.6 Å². The van der Waals surface area contributed by atoms with Crippen molar-refractivity contribution in [2.24, 2.45) is 5.73 Å². The van der Waals surface area contributed by atoms with Gasteiger partial charge >= 0.3 is 0 Å². The maximum atomic E-state index is 11.0. The van der Waals surface area contributed by atoms with Gasteiger partial charge in [-0.2, -0.15) is 0 Å². The highest BCUT2D eigenvalue weighted by atomic mass is 32.2. The van der Waals surface area contributed by atoms with E-state index in [1.165, 1.54) is 6.26 Å². The molecule has 0 radical (unpaired) electrons. The van der Waals surface area contributed by atoms with Gasteiger partial charge in [-0.1, -0.05) is 11.6 Å². The second kappa shape index (κ2) is 4.05. The van der Waals surface area contributed by atoms with Crippen molar-refractivity contribution < 1.29 is 8.42 Å². The molecule has 0 spiro atoms. The molecule has 0 saturated carbocycles. The van der Waals surface area contributed by atoms with Crippen LogP contribution in [-0.4, -0.2) is 26.0 Å². The van der Waals surface area contributed by atoms with Crippen LogP contribution >= 0.6 is 0 Å². The summed E-state index contributed by atoms with van der Waals surface area (Å²) in [4.78, 5) is 0. The molecule has 0 saturated heterocycles. The van der Waals surface area contributed by atoms with Gasteiger partial charge in [0.15, 0.2) is 9.84 Å². The molecule has 0 fully saturated rings. The Kier molecular flexibility index (Phi) is 3.93. The van der Waals surface area contributed by atoms with Gasteiger partial charge in [-0.3, -0.25) is 0 Å². The quantitative estimate of drug-likeness (QED) is 0.668. The first-order valence-corrected chi connectivity index (χ1v) is 5.80. The van der Waals surface area contributed by atoms with Gasteiger partial charge in [-0.25, -0.2) is 8.42 Å². The van der Waals surface area contributed by atoms with E-state index < -0.39 is 21.1 Å². The Bertz CT molecular complexity index is 263. The summed E-state index contributed by atoms with van der Waals surface area (Å²) in [6, 6.07) is -0.398. The van der Waals surface area contributed by atoms with Crippen molar-refractivity contribution in [3.63, 3.8) is 0 Å². The van der Waals surface area contributed by atoms with Gasteiger partial charge in [0, 0.05) is 12.3 Å². The molecule has 0 aromatic rings. The number of nitrogens with two attached hydrogens (primary N) is 1. The Labute approximate surface area is 74.6 Å². The SMILES string of the molecule is CC(C)=CC(N)C(C)S(C)(=O)=O. The summed E-state index contributed by atoms with van der Waals surface area (Å²) in [5, 5.41) is -0.507. The highest BCUT2D eigenvalue weighted by Crippen LogP contribution is 2.05. The number of hydrogen-bond donors (Lipinski definition) is 1. The zero-order valence-electron chi connectivity index (χ0n) is 8.03. The van der Waals surface area contributed by atoms with E-state index >= 15 is 0 Å². The van der Waals surface area contributed by atoms with Gasteiger partial charge in [-0.15, -0.1) is 0 Å². The normalized spacial score (nSPS) is 16.8. The molecule has 0 aromatic carbocycles. The fourth-order valence-corrected chi connectivity index (χ4v) is 1.46. The van der Waals surface area contributed by atoms with E-state index in [0.717, 1.165) is 5.57 Å². The summed E-state index contributed by atoms with van der Waals surface area (Å²) in [6.45, 7) is 5.42. The van der Waals surface area contributed by atoms with Crippen molar-refractivity contribution in [2.45, 2.75) is 32.1 Å². The molecule has 0 aliphatic carbocycles. The molecule has 0 aliphatic heterocycles. The molecule has 12 heavy (non-hydrogen) atoms. The molecule has 0 amide bonds. The molecule has 0 aromatic heterocycles. The molecule has 3 nitrogen and oxygen atoms in total. The predicted octanol–water partition coefficient (Wildman–Crippen LogP) is 0.713. The minimum Gasteiger partial charge on any atom is -0.323 e. The Hall–Kier alpha value is -0.350. The maximum absolute atomic E-state index is 11.0. The lowest BCUT2D eigenvalue weighted by atomic mass is 10.2. The minimum absolute atomic E-state index is 0.398. The lowest BCUT2D eigenvalue weighted by Crippen LogP contribution is -2.36. The van der Waals surface area contributed by atoms with Crippen LogP contribution in [0.15, 0.2) is 11.6 Å². The van der Waals surface area contributed by atoms with Crippen LogP contribution in [0.5, 0.6) is 0 Å². The van der Waals surface area contributed by atoms with Gasteiger partial charge in [0.25, 0.3) is 0 Å². The molecular weight excluding hydrogens is 174 g/mol. The van der Waals surface area contributed by atoms with Gasteiger partial charge < -0.3 is 5.73 Å². The van der Waals surface area contributed by atoms with E-state index in [-0.39, 0.29) is 0 Å². The largest absolute Gasteiger partial charge is 0.323 e. The van der Waals surface area contributed by atoms with E-state index in [1.54, 1.807) is 13.0 Å². The summed E-state index contributed by atoms with van der Waals surface area (Å²) >= 11 is 0. The Morgan fingerprint density at radius 2 is 1.83 bits per heavy atom. The molecular formula is C8H17NO2S.